The lowest BCUT2D eigenvalue weighted by molar-refractivity contribution is -0.0214. The Hall–Kier alpha value is -3.61. The van der Waals surface area contributed by atoms with Crippen molar-refractivity contribution < 1.29 is 23.0 Å². The Labute approximate surface area is 184 Å². The molecule has 0 N–H and O–H groups in total. The van der Waals surface area contributed by atoms with E-state index in [2.05, 4.69) is 0 Å². The van der Waals surface area contributed by atoms with Gasteiger partial charge in [-0.3, -0.25) is 0 Å². The Morgan fingerprint density at radius 3 is 2.59 bits per heavy atom. The van der Waals surface area contributed by atoms with Crippen LogP contribution in [0.4, 0.5) is 8.78 Å². The molecule has 164 valence electrons. The summed E-state index contributed by atoms with van der Waals surface area (Å²) < 4.78 is 45.0. The van der Waals surface area contributed by atoms with Crippen molar-refractivity contribution in [2.24, 2.45) is 5.10 Å². The van der Waals surface area contributed by atoms with Crippen molar-refractivity contribution in [1.82, 2.24) is 5.01 Å². The van der Waals surface area contributed by atoms with Gasteiger partial charge in [-0.1, -0.05) is 18.2 Å². The molecule has 2 aliphatic rings. The first-order valence-electron chi connectivity index (χ1n) is 10.5. The van der Waals surface area contributed by atoms with Crippen molar-refractivity contribution in [2.75, 3.05) is 13.7 Å². The average Bonchev–Trinajstić information content (AvgIpc) is 3.27. The lowest BCUT2D eigenvalue weighted by Crippen LogP contribution is -2.34. The lowest BCUT2D eigenvalue weighted by Gasteiger charge is -2.38. The van der Waals surface area contributed by atoms with Crippen LogP contribution >= 0.6 is 0 Å². The van der Waals surface area contributed by atoms with Gasteiger partial charge in [0.25, 0.3) is 0 Å². The van der Waals surface area contributed by atoms with Gasteiger partial charge in [0, 0.05) is 17.5 Å². The highest BCUT2D eigenvalue weighted by atomic mass is 19.2. The standard InChI is InChI=1S/C25H22F2N2O3/c1-3-31-23-6-4-5-18-22-14-21(15-7-10-17(30-2)11-8-15)28-29(22)25(32-24(18)23)16-9-12-19(26)20(27)13-16/h4-13,22,25H,3,14H2,1-2H3/t22-,25+/m0/s1. The van der Waals surface area contributed by atoms with Gasteiger partial charge in [-0.25, -0.2) is 13.8 Å². The van der Waals surface area contributed by atoms with Crippen LogP contribution < -0.4 is 14.2 Å². The minimum Gasteiger partial charge on any atom is -0.497 e. The zero-order valence-corrected chi connectivity index (χ0v) is 17.7. The number of hydrogen-bond donors (Lipinski definition) is 0. The Morgan fingerprint density at radius 2 is 1.88 bits per heavy atom. The van der Waals surface area contributed by atoms with Crippen LogP contribution in [-0.2, 0) is 0 Å². The summed E-state index contributed by atoms with van der Waals surface area (Å²) in [6, 6.07) is 17.1. The smallest absolute Gasteiger partial charge is 0.214 e. The van der Waals surface area contributed by atoms with E-state index in [-0.39, 0.29) is 6.04 Å². The summed E-state index contributed by atoms with van der Waals surface area (Å²) in [4.78, 5) is 0. The van der Waals surface area contributed by atoms with Crippen LogP contribution in [0.15, 0.2) is 65.8 Å². The molecule has 0 spiro atoms. The maximum atomic E-state index is 14.1. The van der Waals surface area contributed by atoms with Gasteiger partial charge in [0.15, 0.2) is 23.1 Å². The van der Waals surface area contributed by atoms with E-state index in [4.69, 9.17) is 19.3 Å². The predicted molar refractivity (Wildman–Crippen MR) is 116 cm³/mol. The summed E-state index contributed by atoms with van der Waals surface area (Å²) in [5.41, 5.74) is 3.27. The van der Waals surface area contributed by atoms with Crippen molar-refractivity contribution >= 4 is 5.71 Å². The largest absolute Gasteiger partial charge is 0.497 e. The highest BCUT2D eigenvalue weighted by Crippen LogP contribution is 2.50. The lowest BCUT2D eigenvalue weighted by atomic mass is 9.95. The van der Waals surface area contributed by atoms with Crippen LogP contribution in [0.25, 0.3) is 0 Å². The van der Waals surface area contributed by atoms with Crippen LogP contribution in [-0.4, -0.2) is 24.4 Å². The second kappa shape index (κ2) is 8.15. The van der Waals surface area contributed by atoms with Gasteiger partial charge in [0.2, 0.25) is 6.23 Å². The maximum absolute atomic E-state index is 14.1. The third-order valence-corrected chi connectivity index (χ3v) is 5.73. The van der Waals surface area contributed by atoms with Crippen molar-refractivity contribution in [3.63, 3.8) is 0 Å². The van der Waals surface area contributed by atoms with Gasteiger partial charge in [-0.05, 0) is 55.0 Å². The van der Waals surface area contributed by atoms with E-state index in [9.17, 15) is 8.78 Å². The monoisotopic (exact) mass is 436 g/mol. The van der Waals surface area contributed by atoms with E-state index in [0.29, 0.717) is 30.1 Å². The van der Waals surface area contributed by atoms with E-state index in [0.717, 1.165) is 34.7 Å². The van der Waals surface area contributed by atoms with Gasteiger partial charge in [0.1, 0.15) is 5.75 Å². The van der Waals surface area contributed by atoms with Crippen molar-refractivity contribution in [3.05, 3.63) is 89.0 Å². The van der Waals surface area contributed by atoms with Crippen LogP contribution in [0.1, 0.15) is 42.3 Å². The maximum Gasteiger partial charge on any atom is 0.214 e. The molecule has 0 radical (unpaired) electrons. The summed E-state index contributed by atoms with van der Waals surface area (Å²) in [5, 5.41) is 6.67. The molecule has 0 saturated carbocycles. The first kappa shape index (κ1) is 20.3. The molecule has 2 heterocycles. The molecule has 0 saturated heterocycles. The number of para-hydroxylation sites is 1. The van der Waals surface area contributed by atoms with E-state index in [1.807, 2.05) is 54.4 Å². The van der Waals surface area contributed by atoms with Crippen LogP contribution in [0.3, 0.4) is 0 Å². The number of halogens is 2. The highest BCUT2D eigenvalue weighted by molar-refractivity contribution is 6.02. The number of benzene rings is 3. The molecule has 2 aliphatic heterocycles. The summed E-state index contributed by atoms with van der Waals surface area (Å²) >= 11 is 0. The Morgan fingerprint density at radius 1 is 1.06 bits per heavy atom. The Kier molecular flexibility index (Phi) is 5.17. The molecule has 0 amide bonds. The fourth-order valence-corrected chi connectivity index (χ4v) is 4.20. The summed E-state index contributed by atoms with van der Waals surface area (Å²) in [7, 11) is 1.62. The van der Waals surface area contributed by atoms with E-state index in [1.54, 1.807) is 7.11 Å². The predicted octanol–water partition coefficient (Wildman–Crippen LogP) is 5.61. The molecule has 0 aliphatic carbocycles. The van der Waals surface area contributed by atoms with Gasteiger partial charge < -0.3 is 14.2 Å². The normalized spacial score (nSPS) is 19.0. The Balaban J connectivity index is 1.60. The van der Waals surface area contributed by atoms with Gasteiger partial charge in [-0.15, -0.1) is 0 Å². The van der Waals surface area contributed by atoms with Crippen LogP contribution in [0.5, 0.6) is 17.2 Å². The van der Waals surface area contributed by atoms with Crippen LogP contribution in [0.2, 0.25) is 0 Å². The van der Waals surface area contributed by atoms with E-state index in [1.165, 1.54) is 6.07 Å². The van der Waals surface area contributed by atoms with Crippen molar-refractivity contribution in [2.45, 2.75) is 25.6 Å². The molecule has 5 nitrogen and oxygen atoms in total. The highest BCUT2D eigenvalue weighted by Gasteiger charge is 2.42. The number of fused-ring (bicyclic) bond motifs is 3. The molecule has 7 heteroatoms. The summed E-state index contributed by atoms with van der Waals surface area (Å²) in [6.45, 7) is 2.39. The van der Waals surface area contributed by atoms with Crippen LogP contribution in [0, 0.1) is 11.6 Å². The number of ether oxygens (including phenoxy) is 3. The molecule has 3 aromatic carbocycles. The first-order chi connectivity index (χ1) is 15.6. The van der Waals surface area contributed by atoms with Gasteiger partial charge >= 0.3 is 0 Å². The third kappa shape index (κ3) is 3.43. The SMILES string of the molecule is CCOc1cccc2c1O[C@H](c1ccc(F)c(F)c1)N1N=C(c3ccc(OC)cc3)C[C@@H]21. The topological polar surface area (TPSA) is 43.3 Å². The van der Waals surface area contributed by atoms with E-state index >= 15 is 0 Å². The summed E-state index contributed by atoms with van der Waals surface area (Å²) in [5.74, 6) is 0.164. The second-order valence-electron chi connectivity index (χ2n) is 7.63. The second-order valence-corrected chi connectivity index (χ2v) is 7.63. The number of hydrogen-bond acceptors (Lipinski definition) is 5. The number of methoxy groups -OCH3 is 1. The molecule has 32 heavy (non-hydrogen) atoms. The molecule has 5 rings (SSSR count). The number of hydrazone groups is 1. The Bertz CT molecular complexity index is 1180. The summed E-state index contributed by atoms with van der Waals surface area (Å²) in [6.07, 6.45) is -0.0849. The molecule has 0 bridgehead atoms. The molecular formula is C25H22F2N2O3. The minimum absolute atomic E-state index is 0.130. The van der Waals surface area contributed by atoms with E-state index < -0.39 is 17.9 Å². The fourth-order valence-electron chi connectivity index (χ4n) is 4.20. The molecule has 3 aromatic rings. The molecule has 0 fully saturated rings. The molecule has 0 unspecified atom stereocenters. The minimum atomic E-state index is -0.926. The average molecular weight is 436 g/mol. The number of rotatable bonds is 5. The first-order valence-corrected chi connectivity index (χ1v) is 10.5. The fraction of sp³-hybridized carbons (Fsp3) is 0.240. The number of nitrogens with zero attached hydrogens (tertiary/aromatic N) is 2. The van der Waals surface area contributed by atoms with Crippen molar-refractivity contribution in [3.8, 4) is 17.2 Å². The zero-order chi connectivity index (χ0) is 22.2. The molecule has 0 aromatic heterocycles. The quantitative estimate of drug-likeness (QED) is 0.521. The third-order valence-electron chi connectivity index (χ3n) is 5.73. The van der Waals surface area contributed by atoms with Gasteiger partial charge in [-0.2, -0.15) is 5.10 Å². The van der Waals surface area contributed by atoms with Crippen molar-refractivity contribution in [1.29, 1.82) is 0 Å². The zero-order valence-electron chi connectivity index (χ0n) is 17.7. The van der Waals surface area contributed by atoms with Gasteiger partial charge in [0.05, 0.1) is 25.5 Å². The molecular weight excluding hydrogens is 414 g/mol. The molecule has 2 atom stereocenters.